The molecule has 1 aliphatic carbocycles. The molecule has 1 unspecified atom stereocenters. The number of carboxylic acids is 1. The number of carbonyl (C=O) groups excluding carboxylic acids is 1. The normalized spacial score (nSPS) is 20.7. The first-order valence-electron chi connectivity index (χ1n) is 5.61. The molecule has 1 saturated carbocycles. The molecule has 1 rings (SSSR count). The van der Waals surface area contributed by atoms with E-state index < -0.39 is 11.4 Å². The quantitative estimate of drug-likeness (QED) is 0.664. The van der Waals surface area contributed by atoms with Crippen molar-refractivity contribution in [2.45, 2.75) is 45.6 Å². The maximum absolute atomic E-state index is 11.5. The number of amides is 2. The molecular formula is C11H20N2O3. The SMILES string of the molecule is CCC(C)(CNC(=O)NC1(C)CC1)C(=O)O. The minimum absolute atomic E-state index is 0.0735. The molecule has 16 heavy (non-hydrogen) atoms. The molecule has 1 aliphatic rings. The zero-order valence-electron chi connectivity index (χ0n) is 10.1. The van der Waals surface area contributed by atoms with Crippen molar-refractivity contribution < 1.29 is 14.7 Å². The second kappa shape index (κ2) is 4.31. The molecule has 92 valence electrons. The molecule has 5 nitrogen and oxygen atoms in total. The minimum Gasteiger partial charge on any atom is -0.481 e. The van der Waals surface area contributed by atoms with E-state index in [1.165, 1.54) is 0 Å². The number of carbonyl (C=O) groups is 2. The van der Waals surface area contributed by atoms with Gasteiger partial charge in [0.2, 0.25) is 0 Å². The lowest BCUT2D eigenvalue weighted by molar-refractivity contribution is -0.147. The molecule has 0 radical (unpaired) electrons. The lowest BCUT2D eigenvalue weighted by Crippen LogP contribution is -2.47. The fourth-order valence-corrected chi connectivity index (χ4v) is 1.26. The van der Waals surface area contributed by atoms with Gasteiger partial charge in [0, 0.05) is 12.1 Å². The second-order valence-electron chi connectivity index (χ2n) is 5.09. The van der Waals surface area contributed by atoms with E-state index in [1.807, 2.05) is 6.92 Å². The van der Waals surface area contributed by atoms with E-state index >= 15 is 0 Å². The Morgan fingerprint density at radius 2 is 2.00 bits per heavy atom. The smallest absolute Gasteiger partial charge is 0.315 e. The van der Waals surface area contributed by atoms with Crippen molar-refractivity contribution in [1.82, 2.24) is 10.6 Å². The topological polar surface area (TPSA) is 78.4 Å². The highest BCUT2D eigenvalue weighted by molar-refractivity contribution is 5.78. The number of urea groups is 1. The second-order valence-corrected chi connectivity index (χ2v) is 5.09. The van der Waals surface area contributed by atoms with Crippen molar-refractivity contribution in [2.75, 3.05) is 6.54 Å². The summed E-state index contributed by atoms with van der Waals surface area (Å²) in [6.45, 7) is 5.56. The monoisotopic (exact) mass is 228 g/mol. The Balaban J connectivity index is 2.37. The molecule has 0 aliphatic heterocycles. The van der Waals surface area contributed by atoms with E-state index in [1.54, 1.807) is 13.8 Å². The predicted octanol–water partition coefficient (Wildman–Crippen LogP) is 1.34. The first kappa shape index (κ1) is 12.8. The molecule has 0 aromatic carbocycles. The maximum atomic E-state index is 11.5. The lowest BCUT2D eigenvalue weighted by Gasteiger charge is -2.24. The molecule has 0 aromatic heterocycles. The number of hydrogen-bond donors (Lipinski definition) is 3. The van der Waals surface area contributed by atoms with E-state index in [0.717, 1.165) is 12.8 Å². The fourth-order valence-electron chi connectivity index (χ4n) is 1.26. The third-order valence-electron chi connectivity index (χ3n) is 3.35. The molecule has 1 fully saturated rings. The van der Waals surface area contributed by atoms with Gasteiger partial charge in [0.1, 0.15) is 0 Å². The molecule has 0 spiro atoms. The van der Waals surface area contributed by atoms with Crippen LogP contribution in [0.4, 0.5) is 4.79 Å². The van der Waals surface area contributed by atoms with Crippen LogP contribution < -0.4 is 10.6 Å². The molecular weight excluding hydrogens is 208 g/mol. The molecule has 3 N–H and O–H groups in total. The summed E-state index contributed by atoms with van der Waals surface area (Å²) in [4.78, 5) is 22.5. The number of nitrogens with one attached hydrogen (secondary N) is 2. The highest BCUT2D eigenvalue weighted by atomic mass is 16.4. The van der Waals surface area contributed by atoms with E-state index in [2.05, 4.69) is 10.6 Å². The Kier molecular flexibility index (Phi) is 3.45. The Bertz CT molecular complexity index is 300. The summed E-state index contributed by atoms with van der Waals surface area (Å²) in [5.41, 5.74) is -0.961. The largest absolute Gasteiger partial charge is 0.481 e. The van der Waals surface area contributed by atoms with Crippen LogP contribution in [0.5, 0.6) is 0 Å². The summed E-state index contributed by atoms with van der Waals surface area (Å²) >= 11 is 0. The summed E-state index contributed by atoms with van der Waals surface area (Å²) in [7, 11) is 0. The summed E-state index contributed by atoms with van der Waals surface area (Å²) in [6, 6.07) is -0.277. The molecule has 1 atom stereocenters. The van der Waals surface area contributed by atoms with Gasteiger partial charge in [0.15, 0.2) is 0 Å². The Morgan fingerprint density at radius 1 is 1.44 bits per heavy atom. The lowest BCUT2D eigenvalue weighted by atomic mass is 9.88. The van der Waals surface area contributed by atoms with E-state index in [4.69, 9.17) is 5.11 Å². The van der Waals surface area contributed by atoms with Crippen LogP contribution in [0.2, 0.25) is 0 Å². The van der Waals surface area contributed by atoms with E-state index in [9.17, 15) is 9.59 Å². The van der Waals surface area contributed by atoms with Crippen LogP contribution in [-0.4, -0.2) is 29.2 Å². The van der Waals surface area contributed by atoms with Gasteiger partial charge in [-0.2, -0.15) is 0 Å². The highest BCUT2D eigenvalue weighted by Gasteiger charge is 2.39. The van der Waals surface area contributed by atoms with Gasteiger partial charge in [-0.05, 0) is 33.1 Å². The van der Waals surface area contributed by atoms with Crippen LogP contribution in [0.3, 0.4) is 0 Å². The first-order chi connectivity index (χ1) is 7.31. The van der Waals surface area contributed by atoms with Crippen molar-refractivity contribution in [3.63, 3.8) is 0 Å². The Hall–Kier alpha value is -1.26. The maximum Gasteiger partial charge on any atom is 0.315 e. The number of rotatable bonds is 5. The van der Waals surface area contributed by atoms with Crippen molar-refractivity contribution in [3.05, 3.63) is 0 Å². The molecule has 0 aromatic rings. The van der Waals surface area contributed by atoms with E-state index in [0.29, 0.717) is 6.42 Å². The average molecular weight is 228 g/mol. The van der Waals surface area contributed by atoms with Crippen LogP contribution in [-0.2, 0) is 4.79 Å². The fraction of sp³-hybridized carbons (Fsp3) is 0.818. The number of aliphatic carboxylic acids is 1. The van der Waals surface area contributed by atoms with E-state index in [-0.39, 0.29) is 18.1 Å². The van der Waals surface area contributed by atoms with Crippen LogP contribution in [0.25, 0.3) is 0 Å². The average Bonchev–Trinajstić information content (AvgIpc) is 2.92. The predicted molar refractivity (Wildman–Crippen MR) is 60.2 cm³/mol. The van der Waals surface area contributed by atoms with Crippen molar-refractivity contribution in [1.29, 1.82) is 0 Å². The third-order valence-corrected chi connectivity index (χ3v) is 3.35. The number of carboxylic acid groups (broad SMARTS) is 1. The van der Waals surface area contributed by atoms with Gasteiger partial charge in [0.05, 0.1) is 5.41 Å². The summed E-state index contributed by atoms with van der Waals surface area (Å²) in [5.74, 6) is -0.882. The zero-order chi connectivity index (χ0) is 12.4. The van der Waals surface area contributed by atoms with Crippen LogP contribution in [0.15, 0.2) is 0 Å². The van der Waals surface area contributed by atoms with Crippen molar-refractivity contribution >= 4 is 12.0 Å². The molecule has 0 heterocycles. The van der Waals surface area contributed by atoms with Gasteiger partial charge >= 0.3 is 12.0 Å². The Labute approximate surface area is 95.6 Å². The summed E-state index contributed by atoms with van der Waals surface area (Å²) in [6.07, 6.45) is 2.47. The van der Waals surface area contributed by atoms with Gasteiger partial charge in [-0.1, -0.05) is 6.92 Å². The van der Waals surface area contributed by atoms with Gasteiger partial charge in [0.25, 0.3) is 0 Å². The summed E-state index contributed by atoms with van der Waals surface area (Å²) < 4.78 is 0. The Morgan fingerprint density at radius 3 is 2.38 bits per heavy atom. The molecule has 5 heteroatoms. The van der Waals surface area contributed by atoms with Crippen LogP contribution in [0, 0.1) is 5.41 Å². The zero-order valence-corrected chi connectivity index (χ0v) is 10.1. The standard InChI is InChI=1S/C11H20N2O3/c1-4-10(2,8(14)15)7-12-9(16)13-11(3)5-6-11/h4-7H2,1-3H3,(H,14,15)(H2,12,13,16). The van der Waals surface area contributed by atoms with Crippen molar-refractivity contribution in [2.24, 2.45) is 5.41 Å². The first-order valence-corrected chi connectivity index (χ1v) is 5.61. The van der Waals surface area contributed by atoms with Crippen LogP contribution >= 0.6 is 0 Å². The molecule has 0 saturated heterocycles. The minimum atomic E-state index is -0.887. The van der Waals surface area contributed by atoms with Gasteiger partial charge in [-0.3, -0.25) is 4.79 Å². The van der Waals surface area contributed by atoms with Crippen LogP contribution in [0.1, 0.15) is 40.0 Å². The van der Waals surface area contributed by atoms with Crippen molar-refractivity contribution in [3.8, 4) is 0 Å². The molecule has 0 bridgehead atoms. The third kappa shape index (κ3) is 3.12. The highest BCUT2D eigenvalue weighted by Crippen LogP contribution is 2.34. The summed E-state index contributed by atoms with van der Waals surface area (Å²) in [5, 5.41) is 14.5. The van der Waals surface area contributed by atoms with Gasteiger partial charge in [-0.25, -0.2) is 4.79 Å². The van der Waals surface area contributed by atoms with Gasteiger partial charge < -0.3 is 15.7 Å². The van der Waals surface area contributed by atoms with Gasteiger partial charge in [-0.15, -0.1) is 0 Å². The molecule has 2 amide bonds. The number of hydrogen-bond acceptors (Lipinski definition) is 2.